The molecule has 0 aliphatic heterocycles. The minimum Gasteiger partial charge on any atom is -0.429 e. The van der Waals surface area contributed by atoms with Crippen LogP contribution in [-0.4, -0.2) is 14.9 Å². The second-order valence-electron chi connectivity index (χ2n) is 3.33. The van der Waals surface area contributed by atoms with E-state index in [4.69, 9.17) is 22.1 Å². The average Bonchev–Trinajstić information content (AvgIpc) is 2.35. The Morgan fingerprint density at radius 1 is 1.47 bits per heavy atom. The lowest BCUT2D eigenvalue weighted by molar-refractivity contribution is -0.385. The zero-order chi connectivity index (χ0) is 14.0. The van der Waals surface area contributed by atoms with Gasteiger partial charge in [0.2, 0.25) is 17.6 Å². The fraction of sp³-hybridized carbons (Fsp3) is 0. The third-order valence-corrected chi connectivity index (χ3v) is 2.96. The first-order chi connectivity index (χ1) is 8.99. The quantitative estimate of drug-likeness (QED) is 0.676. The number of nitrogen functional groups attached to an aromatic ring is 1. The highest BCUT2D eigenvalue weighted by Gasteiger charge is 2.20. The number of benzene rings is 1. The summed E-state index contributed by atoms with van der Waals surface area (Å²) in [5.41, 5.74) is 5.19. The molecule has 0 saturated carbocycles. The molecule has 0 spiro atoms. The summed E-state index contributed by atoms with van der Waals surface area (Å²) in [6, 6.07) is 4.42. The molecule has 0 amide bonds. The lowest BCUT2D eigenvalue weighted by atomic mass is 10.3. The normalized spacial score (nSPS) is 10.2. The maximum atomic E-state index is 10.9. The van der Waals surface area contributed by atoms with E-state index in [0.29, 0.717) is 4.47 Å². The summed E-state index contributed by atoms with van der Waals surface area (Å²) in [5.74, 6) is -0.106. The van der Waals surface area contributed by atoms with Crippen molar-refractivity contribution in [2.24, 2.45) is 0 Å². The van der Waals surface area contributed by atoms with Crippen LogP contribution < -0.4 is 10.5 Å². The molecule has 98 valence electrons. The maximum absolute atomic E-state index is 10.9. The van der Waals surface area contributed by atoms with E-state index in [0.717, 1.165) is 0 Å². The van der Waals surface area contributed by atoms with E-state index in [9.17, 15) is 10.1 Å². The van der Waals surface area contributed by atoms with E-state index in [1.54, 1.807) is 6.07 Å². The van der Waals surface area contributed by atoms with Gasteiger partial charge in [-0.05, 0) is 22.0 Å². The zero-order valence-corrected chi connectivity index (χ0v) is 11.6. The van der Waals surface area contributed by atoms with Gasteiger partial charge in [0, 0.05) is 6.07 Å². The molecule has 0 fully saturated rings. The number of hydrogen-bond donors (Lipinski definition) is 1. The average molecular weight is 346 g/mol. The summed E-state index contributed by atoms with van der Waals surface area (Å²) < 4.78 is 5.76. The van der Waals surface area contributed by atoms with E-state index in [1.807, 2.05) is 0 Å². The number of nitro groups is 1. The van der Waals surface area contributed by atoms with Gasteiger partial charge in [-0.3, -0.25) is 10.1 Å². The fourth-order valence-corrected chi connectivity index (χ4v) is 1.84. The van der Waals surface area contributed by atoms with Gasteiger partial charge in [-0.2, -0.15) is 4.98 Å². The first-order valence-corrected chi connectivity index (χ1v) is 6.05. The number of nitrogens with two attached hydrogens (primary N) is 1. The Labute approximate surface area is 120 Å². The molecule has 0 radical (unpaired) electrons. The fourth-order valence-electron chi connectivity index (χ4n) is 1.27. The Morgan fingerprint density at radius 2 is 2.21 bits per heavy atom. The van der Waals surface area contributed by atoms with E-state index >= 15 is 0 Å². The van der Waals surface area contributed by atoms with Gasteiger partial charge in [-0.1, -0.05) is 17.7 Å². The smallest absolute Gasteiger partial charge is 0.312 e. The number of nitrogens with zero attached hydrogens (tertiary/aromatic N) is 3. The molecule has 9 heteroatoms. The highest BCUT2D eigenvalue weighted by molar-refractivity contribution is 9.10. The summed E-state index contributed by atoms with van der Waals surface area (Å²) >= 11 is 9.01. The Kier molecular flexibility index (Phi) is 3.82. The number of rotatable bonds is 3. The zero-order valence-electron chi connectivity index (χ0n) is 9.21. The molecule has 1 aromatic heterocycles. The number of aromatic nitrogens is 2. The molecule has 0 aliphatic rings. The molecule has 2 N–H and O–H groups in total. The predicted octanol–water partition coefficient (Wildman–Crippen LogP) is 3.18. The molecule has 1 heterocycles. The van der Waals surface area contributed by atoms with Crippen LogP contribution in [0.4, 0.5) is 11.6 Å². The van der Waals surface area contributed by atoms with Crippen molar-refractivity contribution >= 4 is 39.2 Å². The molecule has 2 aromatic rings. The molecule has 1 aromatic carbocycles. The molecule has 0 aliphatic carbocycles. The highest BCUT2D eigenvalue weighted by Crippen LogP contribution is 2.39. The van der Waals surface area contributed by atoms with Crippen LogP contribution >= 0.6 is 27.5 Å². The molecule has 0 unspecified atom stereocenters. The van der Waals surface area contributed by atoms with Crippen molar-refractivity contribution in [1.82, 2.24) is 9.97 Å². The molecular formula is C10H6BrClN4O3. The van der Waals surface area contributed by atoms with Crippen molar-refractivity contribution in [3.05, 3.63) is 44.0 Å². The minimum absolute atomic E-state index is 0.00694. The van der Waals surface area contributed by atoms with E-state index < -0.39 is 4.92 Å². The lowest BCUT2D eigenvalue weighted by Gasteiger charge is -2.08. The second kappa shape index (κ2) is 5.37. The molecule has 0 bridgehead atoms. The van der Waals surface area contributed by atoms with Crippen LogP contribution in [0.3, 0.4) is 0 Å². The van der Waals surface area contributed by atoms with Gasteiger partial charge < -0.3 is 10.5 Å². The van der Waals surface area contributed by atoms with Crippen molar-refractivity contribution in [3.8, 4) is 11.6 Å². The van der Waals surface area contributed by atoms with Crippen molar-refractivity contribution in [2.45, 2.75) is 0 Å². The van der Waals surface area contributed by atoms with Crippen LogP contribution in [0, 0.1) is 10.1 Å². The number of nitro benzene ring substituents is 1. The Bertz CT molecular complexity index is 653. The second-order valence-corrected chi connectivity index (χ2v) is 4.59. The minimum atomic E-state index is -0.571. The van der Waals surface area contributed by atoms with Crippen molar-refractivity contribution in [1.29, 1.82) is 0 Å². The van der Waals surface area contributed by atoms with Crippen molar-refractivity contribution < 1.29 is 9.66 Å². The number of hydrogen-bond acceptors (Lipinski definition) is 6. The monoisotopic (exact) mass is 344 g/mol. The van der Waals surface area contributed by atoms with Gasteiger partial charge in [0.05, 0.1) is 15.6 Å². The Balaban J connectivity index is 2.49. The van der Waals surface area contributed by atoms with Crippen LogP contribution in [0.2, 0.25) is 5.02 Å². The molecule has 7 nitrogen and oxygen atoms in total. The van der Waals surface area contributed by atoms with Crippen molar-refractivity contribution in [2.75, 3.05) is 5.73 Å². The number of para-hydroxylation sites is 1. The van der Waals surface area contributed by atoms with E-state index in [1.165, 1.54) is 18.3 Å². The third-order valence-electron chi connectivity index (χ3n) is 2.07. The number of ether oxygens (including phenoxy) is 1. The summed E-state index contributed by atoms with van der Waals surface area (Å²) in [6.07, 6.45) is 1.25. The van der Waals surface area contributed by atoms with Gasteiger partial charge in [0.15, 0.2) is 0 Å². The topological polar surface area (TPSA) is 104 Å². The molecule has 19 heavy (non-hydrogen) atoms. The standard InChI is InChI=1S/C10H6BrClN4O3/c11-5-2-1-3-7(16(17)18)8(5)19-9-6(12)4-14-10(13)15-9/h1-4H,(H2,13,14,15). The van der Waals surface area contributed by atoms with Gasteiger partial charge >= 0.3 is 5.69 Å². The molecule has 2 rings (SSSR count). The molecule has 0 atom stereocenters. The lowest BCUT2D eigenvalue weighted by Crippen LogP contribution is -1.99. The molecule has 0 saturated heterocycles. The van der Waals surface area contributed by atoms with Crippen molar-refractivity contribution in [3.63, 3.8) is 0 Å². The van der Waals surface area contributed by atoms with Crippen LogP contribution in [0.5, 0.6) is 11.6 Å². The van der Waals surface area contributed by atoms with Crippen LogP contribution in [0.25, 0.3) is 0 Å². The number of halogens is 2. The maximum Gasteiger partial charge on any atom is 0.312 e. The van der Waals surface area contributed by atoms with Crippen LogP contribution in [0.1, 0.15) is 0 Å². The van der Waals surface area contributed by atoms with Gasteiger partial charge in [-0.15, -0.1) is 0 Å². The summed E-state index contributed by atoms with van der Waals surface area (Å²) in [4.78, 5) is 17.8. The third kappa shape index (κ3) is 2.91. The predicted molar refractivity (Wildman–Crippen MR) is 72.3 cm³/mol. The first-order valence-electron chi connectivity index (χ1n) is 4.88. The highest BCUT2D eigenvalue weighted by atomic mass is 79.9. The van der Waals surface area contributed by atoms with Gasteiger partial charge in [0.25, 0.3) is 0 Å². The Hall–Kier alpha value is -1.93. The SMILES string of the molecule is Nc1ncc(Cl)c(Oc2c(Br)cccc2[N+](=O)[O-])n1. The summed E-state index contributed by atoms with van der Waals surface area (Å²) in [7, 11) is 0. The molecular weight excluding hydrogens is 339 g/mol. The largest absolute Gasteiger partial charge is 0.429 e. The van der Waals surface area contributed by atoms with Crippen LogP contribution in [0.15, 0.2) is 28.9 Å². The van der Waals surface area contributed by atoms with Crippen LogP contribution in [-0.2, 0) is 0 Å². The summed E-state index contributed by atoms with van der Waals surface area (Å²) in [5, 5.41) is 11.0. The Morgan fingerprint density at radius 3 is 2.89 bits per heavy atom. The van der Waals surface area contributed by atoms with Gasteiger partial charge in [0.1, 0.15) is 5.02 Å². The van der Waals surface area contributed by atoms with Gasteiger partial charge in [-0.25, -0.2) is 4.98 Å². The summed E-state index contributed by atoms with van der Waals surface area (Å²) in [6.45, 7) is 0. The first kappa shape index (κ1) is 13.5. The van der Waals surface area contributed by atoms with E-state index in [2.05, 4.69) is 25.9 Å². The number of anilines is 1. The van der Waals surface area contributed by atoms with E-state index in [-0.39, 0.29) is 28.3 Å².